The van der Waals surface area contributed by atoms with Crippen molar-refractivity contribution in [2.24, 2.45) is 23.2 Å². The molecule has 0 aliphatic heterocycles. The zero-order valence-corrected chi connectivity index (χ0v) is 15.1. The lowest BCUT2D eigenvalue weighted by Crippen LogP contribution is -2.51. The second kappa shape index (κ2) is 4.75. The molecule has 0 amide bonds. The molecule has 0 saturated heterocycles. The fraction of sp³-hybridized carbons (Fsp3) is 0.762. The van der Waals surface area contributed by atoms with Gasteiger partial charge < -0.3 is 9.63 Å². The molecule has 1 aromatic rings. The summed E-state index contributed by atoms with van der Waals surface area (Å²) in [5.74, 6) is 3.41. The van der Waals surface area contributed by atoms with Crippen LogP contribution in [0.5, 0.6) is 0 Å². The van der Waals surface area contributed by atoms with Crippen LogP contribution in [0.3, 0.4) is 0 Å². The van der Waals surface area contributed by atoms with E-state index >= 15 is 0 Å². The summed E-state index contributed by atoms with van der Waals surface area (Å²) in [5, 5.41) is 14.4. The first-order valence-corrected chi connectivity index (χ1v) is 9.76. The molecule has 0 spiro atoms. The minimum Gasteiger partial charge on any atom is -0.393 e. The molecule has 6 atom stereocenters. The van der Waals surface area contributed by atoms with Gasteiger partial charge in [0.05, 0.1) is 11.8 Å². The van der Waals surface area contributed by atoms with Crippen molar-refractivity contribution in [3.8, 4) is 0 Å². The number of fused-ring (bicyclic) bond motifs is 7. The van der Waals surface area contributed by atoms with E-state index in [0.717, 1.165) is 43.2 Å². The zero-order valence-electron chi connectivity index (χ0n) is 15.1. The molecule has 2 saturated carbocycles. The van der Waals surface area contributed by atoms with Gasteiger partial charge in [0.2, 0.25) is 0 Å². The Morgan fingerprint density at radius 3 is 2.75 bits per heavy atom. The van der Waals surface area contributed by atoms with E-state index in [9.17, 15) is 5.11 Å². The topological polar surface area (TPSA) is 46.3 Å². The summed E-state index contributed by atoms with van der Waals surface area (Å²) >= 11 is 0. The van der Waals surface area contributed by atoms with Crippen LogP contribution in [0.25, 0.3) is 0 Å². The highest BCUT2D eigenvalue weighted by Gasteiger charge is 2.58. The SMILES string of the molecule is Cc1noc2c1[C@@]1(C)CC[C@H]3[C@H](CC=C4C[C@@H](O)CC[C@@]43C)[C@H]1C2. The molecule has 0 aromatic carbocycles. The lowest BCUT2D eigenvalue weighted by molar-refractivity contribution is -0.0172. The van der Waals surface area contributed by atoms with Crippen LogP contribution in [0.2, 0.25) is 0 Å². The van der Waals surface area contributed by atoms with Crippen LogP contribution in [0.15, 0.2) is 16.2 Å². The van der Waals surface area contributed by atoms with Gasteiger partial charge in [0.1, 0.15) is 5.76 Å². The normalized spacial score (nSPS) is 46.6. The highest BCUT2D eigenvalue weighted by Crippen LogP contribution is 2.64. The molecule has 5 rings (SSSR count). The van der Waals surface area contributed by atoms with Crippen molar-refractivity contribution in [1.29, 1.82) is 0 Å². The number of allylic oxidation sites excluding steroid dienone is 1. The number of hydrogen-bond donors (Lipinski definition) is 1. The third kappa shape index (κ3) is 1.75. The second-order valence-corrected chi connectivity index (χ2v) is 9.38. The number of hydrogen-bond acceptors (Lipinski definition) is 3. The van der Waals surface area contributed by atoms with Crippen molar-refractivity contribution in [3.63, 3.8) is 0 Å². The number of rotatable bonds is 0. The summed E-state index contributed by atoms with van der Waals surface area (Å²) < 4.78 is 5.69. The van der Waals surface area contributed by atoms with Gasteiger partial charge >= 0.3 is 0 Å². The van der Waals surface area contributed by atoms with Gasteiger partial charge in [0.25, 0.3) is 0 Å². The highest BCUT2D eigenvalue weighted by molar-refractivity contribution is 5.40. The summed E-state index contributed by atoms with van der Waals surface area (Å²) in [7, 11) is 0. The maximum atomic E-state index is 10.1. The van der Waals surface area contributed by atoms with E-state index < -0.39 is 0 Å². The first kappa shape index (κ1) is 15.2. The Morgan fingerprint density at radius 1 is 1.12 bits per heavy atom. The van der Waals surface area contributed by atoms with E-state index in [-0.39, 0.29) is 11.5 Å². The standard InChI is InChI=1S/C21H29NO2/c1-12-19-18(24-22-12)11-17-15-5-4-13-10-14(23)6-8-20(13,2)16(15)7-9-21(17,19)3/h4,14-17,23H,5-11H2,1-3H3/t14-,15-,16-,17+,20-,21-/m0/s1. The predicted molar refractivity (Wildman–Crippen MR) is 92.7 cm³/mol. The predicted octanol–water partition coefficient (Wildman–Crippen LogP) is 4.32. The first-order valence-electron chi connectivity index (χ1n) is 9.76. The van der Waals surface area contributed by atoms with Crippen molar-refractivity contribution in [2.75, 3.05) is 0 Å². The maximum Gasteiger partial charge on any atom is 0.141 e. The number of aromatic nitrogens is 1. The van der Waals surface area contributed by atoms with Gasteiger partial charge in [0, 0.05) is 17.4 Å². The quantitative estimate of drug-likeness (QED) is 0.722. The van der Waals surface area contributed by atoms with Crippen LogP contribution in [0, 0.1) is 30.1 Å². The maximum absolute atomic E-state index is 10.1. The van der Waals surface area contributed by atoms with Crippen molar-refractivity contribution >= 4 is 0 Å². The second-order valence-electron chi connectivity index (χ2n) is 9.38. The van der Waals surface area contributed by atoms with Gasteiger partial charge in [0.15, 0.2) is 0 Å². The third-order valence-electron chi connectivity index (χ3n) is 8.38. The molecule has 0 unspecified atom stereocenters. The van der Waals surface area contributed by atoms with Gasteiger partial charge in [-0.1, -0.05) is 30.7 Å². The van der Waals surface area contributed by atoms with Crippen LogP contribution in [-0.2, 0) is 11.8 Å². The van der Waals surface area contributed by atoms with Gasteiger partial charge in [-0.15, -0.1) is 0 Å². The van der Waals surface area contributed by atoms with Crippen LogP contribution in [0.4, 0.5) is 0 Å². The third-order valence-corrected chi connectivity index (χ3v) is 8.38. The van der Waals surface area contributed by atoms with E-state index in [0.29, 0.717) is 11.3 Å². The Bertz CT molecular complexity index is 719. The Labute approximate surface area is 144 Å². The summed E-state index contributed by atoms with van der Waals surface area (Å²) in [5.41, 5.74) is 4.69. The number of aryl methyl sites for hydroxylation is 1. The van der Waals surface area contributed by atoms with Gasteiger partial charge in [-0.2, -0.15) is 0 Å². The van der Waals surface area contributed by atoms with Crippen LogP contribution >= 0.6 is 0 Å². The van der Waals surface area contributed by atoms with E-state index in [2.05, 4.69) is 32.0 Å². The summed E-state index contributed by atoms with van der Waals surface area (Å²) in [6.07, 6.45) is 10.3. The molecular weight excluding hydrogens is 298 g/mol. The Balaban J connectivity index is 1.54. The Morgan fingerprint density at radius 2 is 1.92 bits per heavy atom. The summed E-state index contributed by atoms with van der Waals surface area (Å²) in [4.78, 5) is 0. The molecule has 0 radical (unpaired) electrons. The summed E-state index contributed by atoms with van der Waals surface area (Å²) in [6.45, 7) is 7.07. The largest absolute Gasteiger partial charge is 0.393 e. The van der Waals surface area contributed by atoms with Gasteiger partial charge in [-0.05, 0) is 68.6 Å². The fourth-order valence-electron chi connectivity index (χ4n) is 7.14. The first-order chi connectivity index (χ1) is 11.4. The minimum absolute atomic E-state index is 0.112. The van der Waals surface area contributed by atoms with Gasteiger partial charge in [-0.25, -0.2) is 0 Å². The lowest BCUT2D eigenvalue weighted by Gasteiger charge is -2.57. The van der Waals surface area contributed by atoms with E-state index in [1.807, 2.05) is 0 Å². The molecule has 24 heavy (non-hydrogen) atoms. The average Bonchev–Trinajstić information content (AvgIpc) is 3.06. The molecule has 130 valence electrons. The van der Waals surface area contributed by atoms with Crippen molar-refractivity contribution in [2.45, 2.75) is 77.2 Å². The molecule has 4 aliphatic rings. The average molecular weight is 327 g/mol. The molecule has 1 aromatic heterocycles. The molecule has 4 aliphatic carbocycles. The molecule has 3 nitrogen and oxygen atoms in total. The summed E-state index contributed by atoms with van der Waals surface area (Å²) in [6, 6.07) is 0. The van der Waals surface area contributed by atoms with Crippen molar-refractivity contribution < 1.29 is 9.63 Å². The Kier molecular flexibility index (Phi) is 3.01. The van der Waals surface area contributed by atoms with E-state index in [1.165, 1.54) is 30.6 Å². The zero-order chi connectivity index (χ0) is 16.7. The van der Waals surface area contributed by atoms with Crippen LogP contribution in [0.1, 0.15) is 69.4 Å². The number of aliphatic hydroxyl groups excluding tert-OH is 1. The number of aliphatic hydroxyl groups is 1. The number of nitrogens with zero attached hydrogens (tertiary/aromatic N) is 1. The van der Waals surface area contributed by atoms with Crippen molar-refractivity contribution in [3.05, 3.63) is 28.7 Å². The molecule has 0 bridgehead atoms. The molecule has 1 heterocycles. The minimum atomic E-state index is -0.112. The monoisotopic (exact) mass is 327 g/mol. The van der Waals surface area contributed by atoms with E-state index in [1.54, 1.807) is 5.57 Å². The van der Waals surface area contributed by atoms with E-state index in [4.69, 9.17) is 4.52 Å². The Hall–Kier alpha value is -1.09. The van der Waals surface area contributed by atoms with Crippen molar-refractivity contribution in [1.82, 2.24) is 5.16 Å². The molecule has 1 N–H and O–H groups in total. The highest BCUT2D eigenvalue weighted by atomic mass is 16.5. The molecular formula is C21H29NO2. The fourth-order valence-corrected chi connectivity index (χ4v) is 7.14. The van der Waals surface area contributed by atoms with Crippen LogP contribution in [-0.4, -0.2) is 16.4 Å². The lowest BCUT2D eigenvalue weighted by atomic mass is 9.47. The molecule has 2 fully saturated rings. The molecule has 3 heteroatoms. The van der Waals surface area contributed by atoms with Gasteiger partial charge in [-0.3, -0.25) is 0 Å². The van der Waals surface area contributed by atoms with Crippen LogP contribution < -0.4 is 0 Å². The smallest absolute Gasteiger partial charge is 0.141 e.